The van der Waals surface area contributed by atoms with Crippen LogP contribution in [0, 0.1) is 0 Å². The van der Waals surface area contributed by atoms with Crippen molar-refractivity contribution in [3.8, 4) is 33.1 Å². The molecule has 1 aliphatic rings. The maximum Gasteiger partial charge on any atom is 0.357 e. The predicted molar refractivity (Wildman–Crippen MR) is 170 cm³/mol. The van der Waals surface area contributed by atoms with Crippen molar-refractivity contribution in [2.24, 2.45) is 5.73 Å². The van der Waals surface area contributed by atoms with Crippen LogP contribution in [0.25, 0.3) is 21.6 Å². The van der Waals surface area contributed by atoms with Gasteiger partial charge in [0.25, 0.3) is 11.8 Å². The molecule has 1 aliphatic heterocycles. The van der Waals surface area contributed by atoms with Gasteiger partial charge in [-0.25, -0.2) is 14.2 Å². The molecule has 0 spiro atoms. The number of esters is 1. The third-order valence-electron chi connectivity index (χ3n) is 7.18. The molecule has 45 heavy (non-hydrogen) atoms. The maximum atomic E-state index is 14.2. The van der Waals surface area contributed by atoms with Gasteiger partial charge in [0, 0.05) is 46.6 Å². The van der Waals surface area contributed by atoms with E-state index in [0.717, 1.165) is 28.0 Å². The normalized spacial score (nSPS) is 11.8. The zero-order valence-electron chi connectivity index (χ0n) is 24.9. The summed E-state index contributed by atoms with van der Waals surface area (Å²) in [7, 11) is 1.22. The molecule has 234 valence electrons. The fraction of sp³-hybridized carbons (Fsp3) is 0.273. The van der Waals surface area contributed by atoms with E-state index in [4.69, 9.17) is 19.9 Å². The van der Waals surface area contributed by atoms with Gasteiger partial charge in [0.05, 0.1) is 19.4 Å². The smallest absolute Gasteiger partial charge is 0.357 e. The fourth-order valence-corrected chi connectivity index (χ4v) is 5.94. The van der Waals surface area contributed by atoms with Crippen molar-refractivity contribution >= 4 is 34.8 Å². The first-order valence-corrected chi connectivity index (χ1v) is 15.3. The number of amides is 2. The minimum absolute atomic E-state index is 0.0301. The van der Waals surface area contributed by atoms with Gasteiger partial charge in [-0.3, -0.25) is 9.59 Å². The monoisotopic (exact) mass is 632 g/mol. The molecule has 0 unspecified atom stereocenters. The number of nitrogens with zero attached hydrogens (tertiary/aromatic N) is 1. The Labute approximate surface area is 263 Å². The SMILES string of the molecule is CCCNC(=O)c1ccc(-c2cc3c(cc2C(=O)Nc2ccc(CN)cc2OCCF)-c2sccc2CCO3)c(C(=O)OC)n1. The van der Waals surface area contributed by atoms with Gasteiger partial charge in [0.15, 0.2) is 5.69 Å². The molecular formula is C33H33FN4O6S. The first-order chi connectivity index (χ1) is 21.9. The van der Waals surface area contributed by atoms with E-state index in [1.165, 1.54) is 24.5 Å². The average Bonchev–Trinajstić information content (AvgIpc) is 3.47. The number of nitrogens with two attached hydrogens (primary N) is 1. The van der Waals surface area contributed by atoms with Gasteiger partial charge in [0.2, 0.25) is 0 Å². The van der Waals surface area contributed by atoms with Crippen LogP contribution < -0.4 is 25.8 Å². The number of alkyl halides is 1. The Morgan fingerprint density at radius 3 is 2.67 bits per heavy atom. The van der Waals surface area contributed by atoms with Gasteiger partial charge in [0.1, 0.15) is 30.5 Å². The number of pyridine rings is 1. The molecule has 2 aromatic carbocycles. The third-order valence-corrected chi connectivity index (χ3v) is 8.17. The average molecular weight is 633 g/mol. The highest BCUT2D eigenvalue weighted by molar-refractivity contribution is 7.13. The molecule has 0 saturated heterocycles. The van der Waals surface area contributed by atoms with Gasteiger partial charge in [-0.05, 0) is 65.4 Å². The van der Waals surface area contributed by atoms with Crippen LogP contribution in [-0.4, -0.2) is 56.3 Å². The Bertz CT molecular complexity index is 1740. The maximum absolute atomic E-state index is 14.2. The first kappa shape index (κ1) is 31.6. The Balaban J connectivity index is 1.67. The summed E-state index contributed by atoms with van der Waals surface area (Å²) in [4.78, 5) is 45.2. The lowest BCUT2D eigenvalue weighted by molar-refractivity contribution is 0.0594. The molecular weight excluding hydrogens is 599 g/mol. The van der Waals surface area contributed by atoms with Crippen LogP contribution in [0.3, 0.4) is 0 Å². The summed E-state index contributed by atoms with van der Waals surface area (Å²) < 4.78 is 29.8. The minimum atomic E-state index is -0.780. The number of ether oxygens (including phenoxy) is 3. The molecule has 0 bridgehead atoms. The number of carbonyl (C=O) groups excluding carboxylic acids is 3. The summed E-state index contributed by atoms with van der Waals surface area (Å²) in [5, 5.41) is 7.63. The van der Waals surface area contributed by atoms with E-state index in [1.54, 1.807) is 36.4 Å². The fourth-order valence-electron chi connectivity index (χ4n) is 4.97. The van der Waals surface area contributed by atoms with Crippen molar-refractivity contribution in [3.05, 3.63) is 82.0 Å². The van der Waals surface area contributed by atoms with Crippen LogP contribution in [0.15, 0.2) is 53.9 Å². The molecule has 3 heterocycles. The zero-order chi connectivity index (χ0) is 31.9. The number of anilines is 1. The molecule has 4 N–H and O–H groups in total. The number of hydrogen-bond acceptors (Lipinski definition) is 9. The lowest BCUT2D eigenvalue weighted by Crippen LogP contribution is -2.26. The number of fused-ring (bicyclic) bond motifs is 3. The van der Waals surface area contributed by atoms with Crippen LogP contribution in [0.5, 0.6) is 11.5 Å². The van der Waals surface area contributed by atoms with Crippen molar-refractivity contribution in [2.75, 3.05) is 38.9 Å². The number of hydrogen-bond donors (Lipinski definition) is 3. The van der Waals surface area contributed by atoms with Gasteiger partial charge >= 0.3 is 5.97 Å². The standard InChI is InChI=1S/C33H33FN4O6S/c1-3-11-36-32(40)26-7-5-21(29(37-26)33(41)42-2)22-17-27-24(30-20(8-12-43-27)9-14-45-30)16-23(22)31(39)38-25-6-4-19(18-35)15-28(25)44-13-10-34/h4-7,9,14-17H,3,8,10-13,18,35H2,1-2H3,(H,36,40)(H,38,39). The molecule has 2 aromatic heterocycles. The van der Waals surface area contributed by atoms with Crippen molar-refractivity contribution < 1.29 is 33.0 Å². The summed E-state index contributed by atoms with van der Waals surface area (Å²) in [6.07, 6.45) is 1.41. The summed E-state index contributed by atoms with van der Waals surface area (Å²) in [6.45, 7) is 2.10. The highest BCUT2D eigenvalue weighted by atomic mass is 32.1. The van der Waals surface area contributed by atoms with Crippen LogP contribution >= 0.6 is 11.3 Å². The Morgan fingerprint density at radius 1 is 1.07 bits per heavy atom. The highest BCUT2D eigenvalue weighted by Gasteiger charge is 2.27. The summed E-state index contributed by atoms with van der Waals surface area (Å²) in [5.41, 5.74) is 9.37. The van der Waals surface area contributed by atoms with Gasteiger partial charge in [-0.2, -0.15) is 0 Å². The Kier molecular flexibility index (Phi) is 10.1. The second kappa shape index (κ2) is 14.3. The summed E-state index contributed by atoms with van der Waals surface area (Å²) >= 11 is 1.54. The van der Waals surface area contributed by atoms with E-state index in [1.807, 2.05) is 18.4 Å². The number of benzene rings is 2. The molecule has 0 radical (unpaired) electrons. The quantitative estimate of drug-likeness (QED) is 0.187. The van der Waals surface area contributed by atoms with E-state index < -0.39 is 24.5 Å². The lowest BCUT2D eigenvalue weighted by Gasteiger charge is -2.18. The van der Waals surface area contributed by atoms with Crippen LogP contribution in [0.1, 0.15) is 55.8 Å². The van der Waals surface area contributed by atoms with E-state index in [9.17, 15) is 18.8 Å². The van der Waals surface area contributed by atoms with Gasteiger partial charge < -0.3 is 30.6 Å². The summed E-state index contributed by atoms with van der Waals surface area (Å²) in [6, 6.07) is 13.5. The van der Waals surface area contributed by atoms with Gasteiger partial charge in [-0.1, -0.05) is 13.0 Å². The van der Waals surface area contributed by atoms with Crippen LogP contribution in [0.4, 0.5) is 10.1 Å². The van der Waals surface area contributed by atoms with E-state index in [0.29, 0.717) is 36.6 Å². The van der Waals surface area contributed by atoms with E-state index >= 15 is 0 Å². The van der Waals surface area contributed by atoms with Crippen molar-refractivity contribution in [3.63, 3.8) is 0 Å². The van der Waals surface area contributed by atoms with Crippen LogP contribution in [-0.2, 0) is 17.7 Å². The Morgan fingerprint density at radius 2 is 1.91 bits per heavy atom. The minimum Gasteiger partial charge on any atom is -0.493 e. The number of thiophene rings is 1. The number of halogens is 1. The number of carbonyl (C=O) groups is 3. The first-order valence-electron chi connectivity index (χ1n) is 14.5. The topological polar surface area (TPSA) is 142 Å². The lowest BCUT2D eigenvalue weighted by atomic mass is 9.93. The molecule has 0 fully saturated rings. The van der Waals surface area contributed by atoms with Crippen molar-refractivity contribution in [1.29, 1.82) is 0 Å². The number of nitrogens with one attached hydrogen (secondary N) is 2. The predicted octanol–water partition coefficient (Wildman–Crippen LogP) is 5.40. The van der Waals surface area contributed by atoms with Gasteiger partial charge in [-0.15, -0.1) is 11.3 Å². The van der Waals surface area contributed by atoms with Crippen molar-refractivity contribution in [2.45, 2.75) is 26.3 Å². The van der Waals surface area contributed by atoms with Crippen molar-refractivity contribution in [1.82, 2.24) is 10.3 Å². The molecule has 0 saturated carbocycles. The van der Waals surface area contributed by atoms with E-state index in [-0.39, 0.29) is 41.4 Å². The van der Waals surface area contributed by atoms with Crippen LogP contribution in [0.2, 0.25) is 0 Å². The second-order valence-electron chi connectivity index (χ2n) is 10.1. The third kappa shape index (κ3) is 6.81. The molecule has 0 aliphatic carbocycles. The second-order valence-corrected chi connectivity index (χ2v) is 11.0. The molecule has 0 atom stereocenters. The molecule has 10 nitrogen and oxygen atoms in total. The molecule has 4 aromatic rings. The summed E-state index contributed by atoms with van der Waals surface area (Å²) in [5.74, 6) is -0.951. The molecule has 2 amide bonds. The largest absolute Gasteiger partial charge is 0.493 e. The van der Waals surface area contributed by atoms with E-state index in [2.05, 4.69) is 15.6 Å². The Hall–Kier alpha value is -4.81. The number of aromatic nitrogens is 1. The highest BCUT2D eigenvalue weighted by Crippen LogP contribution is 2.43. The zero-order valence-corrected chi connectivity index (χ0v) is 25.7. The molecule has 12 heteroatoms. The number of methoxy groups -OCH3 is 1. The molecule has 5 rings (SSSR count). The number of rotatable bonds is 11.